The molecule has 1 aromatic carbocycles. The molecule has 1 aliphatic heterocycles. The van der Waals surface area contributed by atoms with Crippen molar-refractivity contribution in [1.82, 2.24) is 9.78 Å². The fraction of sp³-hybridized carbons (Fsp3) is 0.294. The van der Waals surface area contributed by atoms with Crippen molar-refractivity contribution in [2.75, 3.05) is 5.32 Å². The lowest BCUT2D eigenvalue weighted by Gasteiger charge is -2.16. The molecule has 2 bridgehead atoms. The van der Waals surface area contributed by atoms with Gasteiger partial charge in [0.25, 0.3) is 5.91 Å². The Bertz CT molecular complexity index is 732. The quantitative estimate of drug-likeness (QED) is 0.734. The standard InChI is InChI=1S/C17H20N4O/c1-11-5-3-8-14(18)12-6-4-7-13(9-12)16-15(20-17(11)22)10-19-21(16)2/h4,6-7,9-10,14H,1,3,5,8,18H2,2H3,(H,20,22)/t14-/m0/s1. The van der Waals surface area contributed by atoms with Crippen LogP contribution in [0.1, 0.15) is 30.9 Å². The molecule has 1 aromatic heterocycles. The molecule has 22 heavy (non-hydrogen) atoms. The number of aryl methyl sites for hydroxylation is 1. The van der Waals surface area contributed by atoms with Crippen molar-refractivity contribution in [3.63, 3.8) is 0 Å². The van der Waals surface area contributed by atoms with Crippen molar-refractivity contribution < 1.29 is 4.79 Å². The van der Waals surface area contributed by atoms with E-state index in [-0.39, 0.29) is 11.9 Å². The van der Waals surface area contributed by atoms with Gasteiger partial charge in [0.15, 0.2) is 0 Å². The van der Waals surface area contributed by atoms with Gasteiger partial charge in [-0.05, 0) is 30.9 Å². The number of carbonyl (C=O) groups is 1. The maximum Gasteiger partial charge on any atom is 0.251 e. The van der Waals surface area contributed by atoms with Gasteiger partial charge in [0.1, 0.15) is 0 Å². The van der Waals surface area contributed by atoms with Gasteiger partial charge in [0, 0.05) is 24.2 Å². The van der Waals surface area contributed by atoms with Crippen molar-refractivity contribution in [2.24, 2.45) is 12.8 Å². The van der Waals surface area contributed by atoms with E-state index in [9.17, 15) is 4.79 Å². The van der Waals surface area contributed by atoms with E-state index >= 15 is 0 Å². The van der Waals surface area contributed by atoms with Crippen LogP contribution < -0.4 is 11.1 Å². The zero-order valence-corrected chi connectivity index (χ0v) is 12.7. The highest BCUT2D eigenvalue weighted by atomic mass is 16.1. The molecule has 0 fully saturated rings. The van der Waals surface area contributed by atoms with Crippen molar-refractivity contribution >= 4 is 11.6 Å². The minimum atomic E-state index is -0.153. The molecular formula is C17H20N4O. The number of hydrogen-bond acceptors (Lipinski definition) is 3. The number of aromatic nitrogens is 2. The number of benzene rings is 1. The average molecular weight is 296 g/mol. The van der Waals surface area contributed by atoms with Crippen LogP contribution in [-0.2, 0) is 11.8 Å². The molecule has 0 spiro atoms. The minimum Gasteiger partial charge on any atom is -0.324 e. The van der Waals surface area contributed by atoms with Gasteiger partial charge in [-0.2, -0.15) is 5.10 Å². The number of nitrogens with one attached hydrogen (secondary N) is 1. The van der Waals surface area contributed by atoms with E-state index in [0.29, 0.717) is 17.7 Å². The Hall–Kier alpha value is -2.40. The number of nitrogens with zero attached hydrogens (tertiary/aromatic N) is 2. The highest BCUT2D eigenvalue weighted by molar-refractivity contribution is 6.05. The first kappa shape index (κ1) is 14.5. The van der Waals surface area contributed by atoms with Gasteiger partial charge in [0.05, 0.1) is 17.6 Å². The van der Waals surface area contributed by atoms with Crippen molar-refractivity contribution in [3.05, 3.63) is 48.2 Å². The fourth-order valence-electron chi connectivity index (χ4n) is 2.81. The molecule has 2 heterocycles. The zero-order chi connectivity index (χ0) is 15.7. The Balaban J connectivity index is 2.12. The third-order valence-electron chi connectivity index (χ3n) is 4.09. The van der Waals surface area contributed by atoms with Gasteiger partial charge in [-0.1, -0.05) is 24.8 Å². The Morgan fingerprint density at radius 3 is 3.09 bits per heavy atom. The first-order chi connectivity index (χ1) is 10.6. The zero-order valence-electron chi connectivity index (χ0n) is 12.7. The smallest absolute Gasteiger partial charge is 0.251 e. The number of carbonyl (C=O) groups excluding carboxylic acids is 1. The Morgan fingerprint density at radius 2 is 2.27 bits per heavy atom. The summed E-state index contributed by atoms with van der Waals surface area (Å²) in [4.78, 5) is 12.2. The van der Waals surface area contributed by atoms with Crippen molar-refractivity contribution in [2.45, 2.75) is 25.3 Å². The molecule has 3 N–H and O–H groups in total. The van der Waals surface area contributed by atoms with Gasteiger partial charge < -0.3 is 11.1 Å². The van der Waals surface area contributed by atoms with Gasteiger partial charge in [-0.25, -0.2) is 0 Å². The Labute approximate surface area is 129 Å². The fourth-order valence-corrected chi connectivity index (χ4v) is 2.81. The second-order valence-electron chi connectivity index (χ2n) is 5.71. The lowest BCUT2D eigenvalue weighted by molar-refractivity contribution is -0.113. The van der Waals surface area contributed by atoms with Crippen LogP contribution >= 0.6 is 0 Å². The van der Waals surface area contributed by atoms with Crippen LogP contribution in [0.25, 0.3) is 11.3 Å². The number of rotatable bonds is 0. The second-order valence-corrected chi connectivity index (χ2v) is 5.71. The van der Waals surface area contributed by atoms with E-state index in [1.807, 2.05) is 25.2 Å². The summed E-state index contributed by atoms with van der Waals surface area (Å²) in [5.41, 5.74) is 10.5. The predicted octanol–water partition coefficient (Wildman–Crippen LogP) is 2.77. The Morgan fingerprint density at radius 1 is 1.45 bits per heavy atom. The summed E-state index contributed by atoms with van der Waals surface area (Å²) in [5.74, 6) is -0.153. The molecule has 1 atom stereocenters. The highest BCUT2D eigenvalue weighted by Gasteiger charge is 2.18. The molecule has 114 valence electrons. The summed E-state index contributed by atoms with van der Waals surface area (Å²) in [6, 6.07) is 8.08. The topological polar surface area (TPSA) is 72.9 Å². The van der Waals surface area contributed by atoms with E-state index in [1.54, 1.807) is 10.9 Å². The monoisotopic (exact) mass is 296 g/mol. The number of nitrogens with two attached hydrogens (primary N) is 1. The SMILES string of the molecule is C=C1CCC[C@H](N)c2cccc(c2)-c2c(cnn2C)NC1=O. The predicted molar refractivity (Wildman–Crippen MR) is 87.2 cm³/mol. The summed E-state index contributed by atoms with van der Waals surface area (Å²) in [5, 5.41) is 7.18. The lowest BCUT2D eigenvalue weighted by atomic mass is 9.96. The minimum absolute atomic E-state index is 0.0353. The molecule has 0 unspecified atom stereocenters. The first-order valence-corrected chi connectivity index (χ1v) is 7.43. The molecule has 0 saturated carbocycles. The van der Waals surface area contributed by atoms with Crippen LogP contribution in [0.15, 0.2) is 42.6 Å². The molecule has 0 aliphatic carbocycles. The van der Waals surface area contributed by atoms with Crippen molar-refractivity contribution in [1.29, 1.82) is 0 Å². The molecule has 1 aliphatic rings. The van der Waals surface area contributed by atoms with Crippen LogP contribution in [0.5, 0.6) is 0 Å². The third kappa shape index (κ3) is 2.67. The average Bonchev–Trinajstić information content (AvgIpc) is 2.87. The van der Waals surface area contributed by atoms with E-state index in [2.05, 4.69) is 23.1 Å². The van der Waals surface area contributed by atoms with E-state index in [1.165, 1.54) is 0 Å². The number of anilines is 1. The first-order valence-electron chi connectivity index (χ1n) is 7.43. The highest BCUT2D eigenvalue weighted by Crippen LogP contribution is 2.31. The normalized spacial score (nSPS) is 18.9. The number of hydrogen-bond donors (Lipinski definition) is 2. The molecule has 2 aromatic rings. The van der Waals surface area contributed by atoms with Gasteiger partial charge in [-0.3, -0.25) is 9.48 Å². The summed E-state index contributed by atoms with van der Waals surface area (Å²) < 4.78 is 1.76. The summed E-state index contributed by atoms with van der Waals surface area (Å²) >= 11 is 0. The molecule has 0 radical (unpaired) electrons. The number of fused-ring (bicyclic) bond motifs is 4. The van der Waals surface area contributed by atoms with Crippen LogP contribution in [-0.4, -0.2) is 15.7 Å². The van der Waals surface area contributed by atoms with E-state index in [4.69, 9.17) is 5.73 Å². The maximum absolute atomic E-state index is 12.2. The summed E-state index contributed by atoms with van der Waals surface area (Å²) in [7, 11) is 1.86. The van der Waals surface area contributed by atoms with Crippen LogP contribution in [0.4, 0.5) is 5.69 Å². The molecular weight excluding hydrogens is 276 g/mol. The van der Waals surface area contributed by atoms with E-state index < -0.39 is 0 Å². The lowest BCUT2D eigenvalue weighted by Crippen LogP contribution is -2.16. The molecule has 5 nitrogen and oxygen atoms in total. The van der Waals surface area contributed by atoms with Crippen LogP contribution in [0.2, 0.25) is 0 Å². The summed E-state index contributed by atoms with van der Waals surface area (Å²) in [6.07, 6.45) is 3.99. The molecule has 5 heteroatoms. The van der Waals surface area contributed by atoms with Gasteiger partial charge in [0.2, 0.25) is 0 Å². The van der Waals surface area contributed by atoms with Gasteiger partial charge >= 0.3 is 0 Å². The van der Waals surface area contributed by atoms with Crippen LogP contribution in [0, 0.1) is 0 Å². The van der Waals surface area contributed by atoms with Crippen LogP contribution in [0.3, 0.4) is 0 Å². The Kier molecular flexibility index (Phi) is 3.81. The second kappa shape index (κ2) is 5.77. The third-order valence-corrected chi connectivity index (χ3v) is 4.09. The largest absolute Gasteiger partial charge is 0.324 e. The van der Waals surface area contributed by atoms with E-state index in [0.717, 1.165) is 29.7 Å². The maximum atomic E-state index is 12.2. The molecule has 0 saturated heterocycles. The van der Waals surface area contributed by atoms with Crippen molar-refractivity contribution in [3.8, 4) is 11.3 Å². The summed E-state index contributed by atoms with van der Waals surface area (Å²) in [6.45, 7) is 3.88. The number of amides is 1. The molecule has 1 amide bonds. The van der Waals surface area contributed by atoms with Gasteiger partial charge in [-0.15, -0.1) is 0 Å². The molecule has 3 rings (SSSR count).